The second-order valence-corrected chi connectivity index (χ2v) is 8.95. The second kappa shape index (κ2) is 7.72. The molecule has 9 heteroatoms. The largest absolute Gasteiger partial charge is 0.480 e. The molecular weight excluding hydrogens is 368 g/mol. The van der Waals surface area contributed by atoms with Crippen LogP contribution in [0, 0.1) is 5.92 Å². The number of rotatable bonds is 7. The number of halogens is 1. The molecule has 1 heterocycles. The van der Waals surface area contributed by atoms with Gasteiger partial charge in [-0.15, -0.1) is 0 Å². The van der Waals surface area contributed by atoms with Gasteiger partial charge in [0.15, 0.2) is 0 Å². The summed E-state index contributed by atoms with van der Waals surface area (Å²) in [7, 11) is -3.82. The summed E-state index contributed by atoms with van der Waals surface area (Å²) in [6, 6.07) is 5.26. The Morgan fingerprint density at radius 2 is 2.00 bits per heavy atom. The van der Waals surface area contributed by atoms with Crippen molar-refractivity contribution in [3.63, 3.8) is 0 Å². The van der Waals surface area contributed by atoms with Gasteiger partial charge in [-0.2, -0.15) is 0 Å². The van der Waals surface area contributed by atoms with Gasteiger partial charge in [0.1, 0.15) is 11.3 Å². The molecule has 1 atom stereocenters. The molecule has 2 rings (SSSR count). The molecule has 1 unspecified atom stereocenters. The fraction of sp³-hybridized carbons (Fsp3) is 0.500. The van der Waals surface area contributed by atoms with Crippen molar-refractivity contribution in [2.45, 2.75) is 31.6 Å². The predicted molar refractivity (Wildman–Crippen MR) is 94.1 cm³/mol. The molecule has 1 aromatic rings. The minimum Gasteiger partial charge on any atom is -0.480 e. The quantitative estimate of drug-likeness (QED) is 0.738. The van der Waals surface area contributed by atoms with Crippen LogP contribution in [0.2, 0.25) is 5.02 Å². The number of nitrogens with one attached hydrogen (secondary N) is 1. The molecule has 0 aliphatic carbocycles. The normalized spacial score (nSPS) is 16.6. The van der Waals surface area contributed by atoms with Crippen molar-refractivity contribution in [2.24, 2.45) is 5.92 Å². The van der Waals surface area contributed by atoms with Crippen molar-refractivity contribution in [1.29, 1.82) is 0 Å². The van der Waals surface area contributed by atoms with E-state index in [1.807, 2.05) is 13.8 Å². The highest BCUT2D eigenvalue weighted by Gasteiger charge is 2.41. The van der Waals surface area contributed by atoms with Gasteiger partial charge >= 0.3 is 5.97 Å². The van der Waals surface area contributed by atoms with E-state index in [0.717, 1.165) is 0 Å². The van der Waals surface area contributed by atoms with Gasteiger partial charge in [-0.1, -0.05) is 31.5 Å². The van der Waals surface area contributed by atoms with Gasteiger partial charge in [0, 0.05) is 23.7 Å². The number of benzene rings is 1. The van der Waals surface area contributed by atoms with Gasteiger partial charge in [-0.3, -0.25) is 9.59 Å². The molecule has 1 aliphatic heterocycles. The van der Waals surface area contributed by atoms with Gasteiger partial charge in [-0.05, 0) is 30.5 Å². The van der Waals surface area contributed by atoms with Crippen LogP contribution in [0.4, 0.5) is 0 Å². The number of amides is 1. The van der Waals surface area contributed by atoms with Gasteiger partial charge in [0.05, 0.1) is 0 Å². The SMILES string of the molecule is CC(C)CC(NS(=O)(=O)C1CN(C(=O)c2cccc(Cl)c2)C1)C(=O)O. The lowest BCUT2D eigenvalue weighted by molar-refractivity contribution is -0.139. The Labute approximate surface area is 152 Å². The van der Waals surface area contributed by atoms with Crippen molar-refractivity contribution in [3.05, 3.63) is 34.9 Å². The van der Waals surface area contributed by atoms with E-state index >= 15 is 0 Å². The highest BCUT2D eigenvalue weighted by Crippen LogP contribution is 2.21. The Morgan fingerprint density at radius 3 is 2.52 bits per heavy atom. The Kier molecular flexibility index (Phi) is 6.08. The van der Waals surface area contributed by atoms with Crippen LogP contribution in [0.5, 0.6) is 0 Å². The van der Waals surface area contributed by atoms with E-state index in [9.17, 15) is 18.0 Å². The van der Waals surface area contributed by atoms with Gasteiger partial charge in [0.25, 0.3) is 5.91 Å². The van der Waals surface area contributed by atoms with E-state index in [-0.39, 0.29) is 31.3 Å². The van der Waals surface area contributed by atoms with Crippen LogP contribution in [-0.2, 0) is 14.8 Å². The van der Waals surface area contributed by atoms with Crippen LogP contribution in [0.25, 0.3) is 0 Å². The van der Waals surface area contributed by atoms with E-state index in [2.05, 4.69) is 4.72 Å². The highest BCUT2D eigenvalue weighted by molar-refractivity contribution is 7.90. The lowest BCUT2D eigenvalue weighted by Gasteiger charge is -2.39. The first-order chi connectivity index (χ1) is 11.6. The maximum Gasteiger partial charge on any atom is 0.321 e. The van der Waals surface area contributed by atoms with Crippen LogP contribution in [0.1, 0.15) is 30.6 Å². The third kappa shape index (κ3) is 4.93. The molecule has 0 saturated carbocycles. The molecule has 2 N–H and O–H groups in total. The smallest absolute Gasteiger partial charge is 0.321 e. The standard InChI is InChI=1S/C16H21ClN2O5S/c1-10(2)6-14(16(21)22)18-25(23,24)13-8-19(9-13)15(20)11-4-3-5-12(17)7-11/h3-5,7,10,13-14,18H,6,8-9H2,1-2H3,(H,21,22). The van der Waals surface area contributed by atoms with E-state index < -0.39 is 27.3 Å². The number of sulfonamides is 1. The van der Waals surface area contributed by atoms with Crippen molar-refractivity contribution < 1.29 is 23.1 Å². The van der Waals surface area contributed by atoms with Crippen molar-refractivity contribution in [2.75, 3.05) is 13.1 Å². The Balaban J connectivity index is 1.98. The zero-order valence-electron chi connectivity index (χ0n) is 14.0. The third-order valence-corrected chi connectivity index (χ3v) is 5.98. The average molecular weight is 389 g/mol. The summed E-state index contributed by atoms with van der Waals surface area (Å²) in [6.07, 6.45) is 0.201. The minimum absolute atomic E-state index is 0.0225. The summed E-state index contributed by atoms with van der Waals surface area (Å²) in [5.41, 5.74) is 0.388. The van der Waals surface area contributed by atoms with Crippen LogP contribution >= 0.6 is 11.6 Å². The first kappa shape index (κ1) is 19.7. The molecule has 7 nitrogen and oxygen atoms in total. The first-order valence-electron chi connectivity index (χ1n) is 7.89. The lowest BCUT2D eigenvalue weighted by Crippen LogP contribution is -2.61. The van der Waals surface area contributed by atoms with Crippen molar-refractivity contribution >= 4 is 33.5 Å². The average Bonchev–Trinajstić information content (AvgIpc) is 2.43. The van der Waals surface area contributed by atoms with E-state index in [4.69, 9.17) is 16.7 Å². The van der Waals surface area contributed by atoms with Crippen LogP contribution < -0.4 is 4.72 Å². The Morgan fingerprint density at radius 1 is 1.36 bits per heavy atom. The fourth-order valence-corrected chi connectivity index (χ4v) is 4.30. The van der Waals surface area contributed by atoms with Crippen LogP contribution in [-0.4, -0.2) is 54.7 Å². The molecule has 1 fully saturated rings. The molecular formula is C16H21ClN2O5S. The fourth-order valence-electron chi connectivity index (χ4n) is 2.57. The number of likely N-dealkylation sites (tertiary alicyclic amines) is 1. The number of hydrogen-bond donors (Lipinski definition) is 2. The number of nitrogens with zero attached hydrogens (tertiary/aromatic N) is 1. The maximum absolute atomic E-state index is 12.3. The molecule has 1 aromatic carbocycles. The summed E-state index contributed by atoms with van der Waals surface area (Å²) in [6.45, 7) is 3.68. The second-order valence-electron chi connectivity index (χ2n) is 6.53. The molecule has 0 spiro atoms. The van der Waals surface area contributed by atoms with Crippen molar-refractivity contribution in [1.82, 2.24) is 9.62 Å². The predicted octanol–water partition coefficient (Wildman–Crippen LogP) is 1.58. The molecule has 1 saturated heterocycles. The summed E-state index contributed by atoms with van der Waals surface area (Å²) in [4.78, 5) is 24.9. The molecule has 1 amide bonds. The van der Waals surface area contributed by atoms with Crippen molar-refractivity contribution in [3.8, 4) is 0 Å². The molecule has 138 valence electrons. The molecule has 1 aliphatic rings. The van der Waals surface area contributed by atoms with E-state index in [0.29, 0.717) is 10.6 Å². The minimum atomic E-state index is -3.82. The number of hydrogen-bond acceptors (Lipinski definition) is 4. The molecule has 0 aromatic heterocycles. The molecule has 0 radical (unpaired) electrons. The van der Waals surface area contributed by atoms with Crippen LogP contribution in [0.3, 0.4) is 0 Å². The monoisotopic (exact) mass is 388 g/mol. The van der Waals surface area contributed by atoms with Crippen LogP contribution in [0.15, 0.2) is 24.3 Å². The molecule has 25 heavy (non-hydrogen) atoms. The van der Waals surface area contributed by atoms with Gasteiger partial charge < -0.3 is 10.0 Å². The number of carboxylic acids is 1. The summed E-state index contributed by atoms with van der Waals surface area (Å²) >= 11 is 5.85. The topological polar surface area (TPSA) is 104 Å². The molecule has 0 bridgehead atoms. The number of carboxylic acid groups (broad SMARTS) is 1. The van der Waals surface area contributed by atoms with Gasteiger partial charge in [-0.25, -0.2) is 13.1 Å². The number of aliphatic carboxylic acids is 1. The maximum atomic E-state index is 12.3. The Hall–Kier alpha value is -1.64. The number of carbonyl (C=O) groups is 2. The first-order valence-corrected chi connectivity index (χ1v) is 9.81. The highest BCUT2D eigenvalue weighted by atomic mass is 35.5. The summed E-state index contributed by atoms with van der Waals surface area (Å²) in [5.74, 6) is -1.47. The van der Waals surface area contributed by atoms with E-state index in [1.54, 1.807) is 18.2 Å². The summed E-state index contributed by atoms with van der Waals surface area (Å²) < 4.78 is 26.9. The summed E-state index contributed by atoms with van der Waals surface area (Å²) in [5, 5.41) is 8.78. The Bertz CT molecular complexity index is 760. The van der Waals surface area contributed by atoms with E-state index in [1.165, 1.54) is 11.0 Å². The third-order valence-electron chi connectivity index (χ3n) is 3.96. The number of carbonyl (C=O) groups excluding carboxylic acids is 1. The van der Waals surface area contributed by atoms with Gasteiger partial charge in [0.2, 0.25) is 10.0 Å². The zero-order chi connectivity index (χ0) is 18.8. The lowest BCUT2D eigenvalue weighted by atomic mass is 10.1. The zero-order valence-corrected chi connectivity index (χ0v) is 15.5.